The average Bonchev–Trinajstić information content (AvgIpc) is 2.01. The van der Waals surface area contributed by atoms with Crippen LogP contribution in [0.25, 0.3) is 10.4 Å². The normalized spacial score (nSPS) is 12.1. The third-order valence-corrected chi connectivity index (χ3v) is 2.59. The van der Waals surface area contributed by atoms with Crippen molar-refractivity contribution in [3.8, 4) is 0 Å². The fraction of sp³-hybridized carbons (Fsp3) is 1.00. The van der Waals surface area contributed by atoms with Crippen molar-refractivity contribution in [2.75, 3.05) is 18.1 Å². The highest BCUT2D eigenvalue weighted by molar-refractivity contribution is 7.84. The summed E-state index contributed by atoms with van der Waals surface area (Å²) in [6.07, 6.45) is 2.05. The molecule has 5 heteroatoms. The van der Waals surface area contributed by atoms with Crippen LogP contribution in [0, 0.1) is 0 Å². The zero-order valence-corrected chi connectivity index (χ0v) is 7.51. The molecule has 0 rings (SSSR count). The molecule has 0 saturated carbocycles. The minimum Gasteiger partial charge on any atom is -0.260 e. The second-order valence-corrected chi connectivity index (χ2v) is 3.85. The van der Waals surface area contributed by atoms with E-state index >= 15 is 0 Å². The first kappa shape index (κ1) is 10.5. The maximum atomic E-state index is 11.0. The molecule has 1 atom stereocenters. The molecule has 0 aliphatic carbocycles. The Hall–Kier alpha value is -0.540. The maximum absolute atomic E-state index is 11.0. The molecule has 0 radical (unpaired) electrons. The van der Waals surface area contributed by atoms with E-state index in [0.29, 0.717) is 12.3 Å². The summed E-state index contributed by atoms with van der Waals surface area (Å²) < 4.78 is 11.0. The fourth-order valence-electron chi connectivity index (χ4n) is 0.595. The first-order valence-electron chi connectivity index (χ1n) is 3.67. The van der Waals surface area contributed by atoms with E-state index in [0.717, 1.165) is 18.6 Å². The van der Waals surface area contributed by atoms with E-state index in [1.54, 1.807) is 0 Å². The molecular formula is C6H13N3OS. The van der Waals surface area contributed by atoms with E-state index in [9.17, 15) is 4.21 Å². The Morgan fingerprint density at radius 2 is 2.27 bits per heavy atom. The summed E-state index contributed by atoms with van der Waals surface area (Å²) >= 11 is 0. The summed E-state index contributed by atoms with van der Waals surface area (Å²) in [5.74, 6) is 1.24. The molecule has 0 amide bonds. The molecule has 0 fully saturated rings. The Kier molecular flexibility index (Phi) is 7.19. The molecule has 0 aliphatic rings. The van der Waals surface area contributed by atoms with Gasteiger partial charge in [-0.15, -0.1) is 0 Å². The summed E-state index contributed by atoms with van der Waals surface area (Å²) in [5, 5.41) is 3.31. The van der Waals surface area contributed by atoms with Gasteiger partial charge in [0.1, 0.15) is 0 Å². The van der Waals surface area contributed by atoms with Crippen molar-refractivity contribution in [2.45, 2.75) is 19.8 Å². The maximum Gasteiger partial charge on any atom is 0.0373 e. The van der Waals surface area contributed by atoms with E-state index in [2.05, 4.69) is 16.9 Å². The first-order valence-corrected chi connectivity index (χ1v) is 5.16. The largest absolute Gasteiger partial charge is 0.260 e. The van der Waals surface area contributed by atoms with Gasteiger partial charge in [-0.2, -0.15) is 0 Å². The standard InChI is InChI=1S/C6H13N3OS/c1-2-3-5-11(10)6-4-8-9-7/h2-6H2,1H3. The third-order valence-electron chi connectivity index (χ3n) is 1.21. The number of unbranched alkanes of at least 4 members (excludes halogenated alkanes) is 1. The number of hydrogen-bond acceptors (Lipinski definition) is 2. The minimum absolute atomic E-state index is 0.354. The Morgan fingerprint density at radius 3 is 2.82 bits per heavy atom. The molecule has 64 valence electrons. The van der Waals surface area contributed by atoms with Crippen molar-refractivity contribution in [1.29, 1.82) is 0 Å². The van der Waals surface area contributed by atoms with Crippen LogP contribution >= 0.6 is 0 Å². The molecule has 4 nitrogen and oxygen atoms in total. The van der Waals surface area contributed by atoms with Gasteiger partial charge < -0.3 is 0 Å². The Morgan fingerprint density at radius 1 is 1.55 bits per heavy atom. The smallest absolute Gasteiger partial charge is 0.0373 e. The number of rotatable bonds is 6. The summed E-state index contributed by atoms with van der Waals surface area (Å²) in [6.45, 7) is 2.41. The van der Waals surface area contributed by atoms with Crippen LogP contribution in [0.4, 0.5) is 0 Å². The summed E-state index contributed by atoms with van der Waals surface area (Å²) in [5.41, 5.74) is 7.91. The van der Waals surface area contributed by atoms with Gasteiger partial charge in [0.15, 0.2) is 0 Å². The van der Waals surface area contributed by atoms with Crippen LogP contribution in [0.1, 0.15) is 19.8 Å². The van der Waals surface area contributed by atoms with Gasteiger partial charge in [-0.25, -0.2) is 0 Å². The molecule has 0 spiro atoms. The zero-order valence-electron chi connectivity index (χ0n) is 6.69. The summed E-state index contributed by atoms with van der Waals surface area (Å²) in [7, 11) is -0.786. The summed E-state index contributed by atoms with van der Waals surface area (Å²) in [6, 6.07) is 0. The molecule has 0 aliphatic heterocycles. The van der Waals surface area contributed by atoms with Gasteiger partial charge in [-0.3, -0.25) is 4.21 Å². The highest BCUT2D eigenvalue weighted by Gasteiger charge is 1.96. The van der Waals surface area contributed by atoms with E-state index in [1.165, 1.54) is 0 Å². The van der Waals surface area contributed by atoms with Crippen LogP contribution in [0.15, 0.2) is 5.11 Å². The summed E-state index contributed by atoms with van der Waals surface area (Å²) in [4.78, 5) is 2.58. The first-order chi connectivity index (χ1) is 5.31. The lowest BCUT2D eigenvalue weighted by Gasteiger charge is -1.95. The van der Waals surface area contributed by atoms with Crippen LogP contribution in [-0.4, -0.2) is 22.3 Å². The lowest BCUT2D eigenvalue weighted by Crippen LogP contribution is -2.04. The Labute approximate surface area is 69.1 Å². The van der Waals surface area contributed by atoms with E-state index in [4.69, 9.17) is 5.53 Å². The van der Waals surface area contributed by atoms with Crippen molar-refractivity contribution >= 4 is 10.8 Å². The van der Waals surface area contributed by atoms with E-state index in [-0.39, 0.29) is 0 Å². The van der Waals surface area contributed by atoms with Crippen LogP contribution in [-0.2, 0) is 10.8 Å². The van der Waals surface area contributed by atoms with E-state index < -0.39 is 10.8 Å². The third kappa shape index (κ3) is 7.36. The molecule has 0 heterocycles. The molecule has 11 heavy (non-hydrogen) atoms. The van der Waals surface area contributed by atoms with Crippen LogP contribution < -0.4 is 0 Å². The minimum atomic E-state index is -0.786. The van der Waals surface area contributed by atoms with Gasteiger partial charge in [0.2, 0.25) is 0 Å². The molecule has 0 saturated heterocycles. The Bertz CT molecular complexity index is 165. The molecule has 0 bridgehead atoms. The SMILES string of the molecule is CCCCS(=O)CCN=[N+]=[N-]. The van der Waals surface area contributed by atoms with Crippen LogP contribution in [0.2, 0.25) is 0 Å². The van der Waals surface area contributed by atoms with Crippen LogP contribution in [0.3, 0.4) is 0 Å². The van der Waals surface area contributed by atoms with Crippen LogP contribution in [0.5, 0.6) is 0 Å². The van der Waals surface area contributed by atoms with Crippen molar-refractivity contribution in [1.82, 2.24) is 0 Å². The van der Waals surface area contributed by atoms with Gasteiger partial charge in [-0.1, -0.05) is 18.5 Å². The highest BCUT2D eigenvalue weighted by atomic mass is 32.2. The molecule has 0 aromatic heterocycles. The zero-order chi connectivity index (χ0) is 8.53. The Balaban J connectivity index is 3.29. The predicted molar refractivity (Wildman–Crippen MR) is 46.8 cm³/mol. The second-order valence-electron chi connectivity index (χ2n) is 2.16. The van der Waals surface area contributed by atoms with Gasteiger partial charge in [0.05, 0.1) is 0 Å². The van der Waals surface area contributed by atoms with Crippen molar-refractivity contribution in [3.63, 3.8) is 0 Å². The fourth-order valence-corrected chi connectivity index (χ4v) is 1.69. The topological polar surface area (TPSA) is 65.8 Å². The van der Waals surface area contributed by atoms with Crippen molar-refractivity contribution in [2.24, 2.45) is 5.11 Å². The molecule has 0 aromatic carbocycles. The van der Waals surface area contributed by atoms with Gasteiger partial charge in [-0.05, 0) is 12.0 Å². The number of nitrogens with zero attached hydrogens (tertiary/aromatic N) is 3. The van der Waals surface area contributed by atoms with Gasteiger partial charge in [0, 0.05) is 33.8 Å². The van der Waals surface area contributed by atoms with Crippen molar-refractivity contribution in [3.05, 3.63) is 10.4 Å². The highest BCUT2D eigenvalue weighted by Crippen LogP contribution is 1.91. The average molecular weight is 175 g/mol. The lowest BCUT2D eigenvalue weighted by molar-refractivity contribution is 0.679. The molecule has 0 aromatic rings. The number of hydrogen-bond donors (Lipinski definition) is 0. The number of azide groups is 1. The van der Waals surface area contributed by atoms with Gasteiger partial charge in [0.25, 0.3) is 0 Å². The predicted octanol–water partition coefficient (Wildman–Crippen LogP) is 1.85. The quantitative estimate of drug-likeness (QED) is 0.345. The van der Waals surface area contributed by atoms with Gasteiger partial charge >= 0.3 is 0 Å². The molecule has 0 N–H and O–H groups in total. The van der Waals surface area contributed by atoms with E-state index in [1.807, 2.05) is 0 Å². The molecular weight excluding hydrogens is 162 g/mol. The lowest BCUT2D eigenvalue weighted by atomic mass is 10.4. The molecule has 1 unspecified atom stereocenters. The second kappa shape index (κ2) is 7.57. The monoisotopic (exact) mass is 175 g/mol. The van der Waals surface area contributed by atoms with Crippen molar-refractivity contribution < 1.29 is 4.21 Å².